The molecule has 0 saturated heterocycles. The fourth-order valence-corrected chi connectivity index (χ4v) is 2.02. The van der Waals surface area contributed by atoms with E-state index in [0.29, 0.717) is 19.4 Å². The fourth-order valence-electron chi connectivity index (χ4n) is 2.02. The lowest BCUT2D eigenvalue weighted by Crippen LogP contribution is -2.45. The number of anilines is 1. The van der Waals surface area contributed by atoms with Gasteiger partial charge in [0.05, 0.1) is 6.61 Å². The van der Waals surface area contributed by atoms with Crippen LogP contribution in [0.3, 0.4) is 0 Å². The minimum Gasteiger partial charge on any atom is -0.481 e. The van der Waals surface area contributed by atoms with Crippen molar-refractivity contribution in [3.8, 4) is 0 Å². The molecule has 0 bridgehead atoms. The van der Waals surface area contributed by atoms with Crippen LogP contribution < -0.4 is 10.6 Å². The molecule has 0 fully saturated rings. The van der Waals surface area contributed by atoms with Crippen molar-refractivity contribution in [2.75, 3.05) is 19.0 Å². The smallest absolute Gasteiger partial charge is 0.319 e. The molecule has 0 aromatic heterocycles. The number of amides is 2. The lowest BCUT2D eigenvalue weighted by molar-refractivity contribution is -0.137. The largest absolute Gasteiger partial charge is 0.481 e. The molecular weight excluding hydrogens is 284 g/mol. The molecule has 0 atom stereocenters. The number of methoxy groups -OCH3 is 1. The zero-order valence-corrected chi connectivity index (χ0v) is 13.3. The van der Waals surface area contributed by atoms with E-state index in [1.54, 1.807) is 21.0 Å². The maximum absolute atomic E-state index is 12.1. The third-order valence-corrected chi connectivity index (χ3v) is 3.26. The predicted octanol–water partition coefficient (Wildman–Crippen LogP) is 2.64. The molecule has 0 spiro atoms. The number of carboxylic acid groups (broad SMARTS) is 1. The van der Waals surface area contributed by atoms with Gasteiger partial charge in [0.2, 0.25) is 0 Å². The van der Waals surface area contributed by atoms with Gasteiger partial charge in [-0.05, 0) is 38.3 Å². The minimum atomic E-state index is -0.875. The summed E-state index contributed by atoms with van der Waals surface area (Å²) in [6, 6.07) is 7.17. The molecule has 122 valence electrons. The van der Waals surface area contributed by atoms with E-state index >= 15 is 0 Å². The van der Waals surface area contributed by atoms with E-state index < -0.39 is 11.5 Å². The van der Waals surface area contributed by atoms with Crippen LogP contribution in [0.4, 0.5) is 10.5 Å². The molecule has 6 heteroatoms. The summed E-state index contributed by atoms with van der Waals surface area (Å²) in [5, 5.41) is 14.3. The molecule has 0 unspecified atom stereocenters. The normalized spacial score (nSPS) is 11.0. The summed E-state index contributed by atoms with van der Waals surface area (Å²) in [6.45, 7) is 4.17. The van der Waals surface area contributed by atoms with Crippen molar-refractivity contribution in [2.24, 2.45) is 0 Å². The van der Waals surface area contributed by atoms with Gasteiger partial charge in [-0.3, -0.25) is 4.79 Å². The van der Waals surface area contributed by atoms with E-state index in [-0.39, 0.29) is 12.5 Å². The number of para-hydroxylation sites is 1. The van der Waals surface area contributed by atoms with E-state index in [0.717, 1.165) is 11.3 Å². The Balaban J connectivity index is 2.63. The van der Waals surface area contributed by atoms with E-state index in [4.69, 9.17) is 9.84 Å². The van der Waals surface area contributed by atoms with E-state index in [2.05, 4.69) is 10.6 Å². The summed E-state index contributed by atoms with van der Waals surface area (Å²) in [7, 11) is 1.63. The lowest BCUT2D eigenvalue weighted by Gasteiger charge is -2.26. The van der Waals surface area contributed by atoms with Crippen molar-refractivity contribution in [2.45, 2.75) is 38.6 Å². The molecule has 6 nitrogen and oxygen atoms in total. The van der Waals surface area contributed by atoms with Crippen molar-refractivity contribution < 1.29 is 19.4 Å². The van der Waals surface area contributed by atoms with Crippen LogP contribution in [0.25, 0.3) is 0 Å². The van der Waals surface area contributed by atoms with Crippen molar-refractivity contribution >= 4 is 17.7 Å². The van der Waals surface area contributed by atoms with Gasteiger partial charge in [-0.25, -0.2) is 4.79 Å². The molecule has 0 radical (unpaired) electrons. The van der Waals surface area contributed by atoms with Gasteiger partial charge in [-0.2, -0.15) is 0 Å². The predicted molar refractivity (Wildman–Crippen MR) is 85.1 cm³/mol. The Morgan fingerprint density at radius 2 is 1.95 bits per heavy atom. The van der Waals surface area contributed by atoms with Crippen LogP contribution in [0.1, 0.15) is 32.3 Å². The molecule has 0 aliphatic rings. The van der Waals surface area contributed by atoms with Crippen molar-refractivity contribution in [3.63, 3.8) is 0 Å². The van der Waals surface area contributed by atoms with Crippen molar-refractivity contribution in [1.29, 1.82) is 0 Å². The SMILES string of the molecule is COCCc1ccccc1NC(=O)NC(C)(C)CCC(=O)O. The third kappa shape index (κ3) is 6.58. The Morgan fingerprint density at radius 3 is 2.59 bits per heavy atom. The van der Waals surface area contributed by atoms with Gasteiger partial charge in [0.15, 0.2) is 0 Å². The number of ether oxygens (including phenoxy) is 1. The summed E-state index contributed by atoms with van der Waals surface area (Å²) < 4.78 is 5.06. The van der Waals surface area contributed by atoms with Crippen LogP contribution in [-0.2, 0) is 16.0 Å². The standard InChI is InChI=1S/C16H24N2O4/c1-16(2,10-8-14(19)20)18-15(21)17-13-7-5-4-6-12(13)9-11-22-3/h4-7H,8-11H2,1-3H3,(H,19,20)(H2,17,18,21). The first kappa shape index (κ1) is 18.0. The first-order valence-electron chi connectivity index (χ1n) is 7.22. The van der Waals surface area contributed by atoms with E-state index in [1.807, 2.05) is 24.3 Å². The average Bonchev–Trinajstić information content (AvgIpc) is 2.44. The highest BCUT2D eigenvalue weighted by molar-refractivity contribution is 5.90. The molecular formula is C16H24N2O4. The Kier molecular flexibility index (Phi) is 6.85. The quantitative estimate of drug-likeness (QED) is 0.689. The molecule has 22 heavy (non-hydrogen) atoms. The van der Waals surface area contributed by atoms with Crippen LogP contribution in [0, 0.1) is 0 Å². The van der Waals surface area contributed by atoms with Crippen LogP contribution in [0.5, 0.6) is 0 Å². The summed E-state index contributed by atoms with van der Waals surface area (Å²) in [6.07, 6.45) is 1.08. The molecule has 0 heterocycles. The first-order chi connectivity index (χ1) is 10.3. The molecule has 0 aliphatic heterocycles. The molecule has 2 amide bonds. The number of benzene rings is 1. The fraction of sp³-hybridized carbons (Fsp3) is 0.500. The van der Waals surface area contributed by atoms with Crippen LogP contribution in [-0.4, -0.2) is 36.4 Å². The Hall–Kier alpha value is -2.08. The topological polar surface area (TPSA) is 87.7 Å². The number of carboxylic acids is 1. The molecule has 0 aliphatic carbocycles. The highest BCUT2D eigenvalue weighted by atomic mass is 16.5. The zero-order valence-electron chi connectivity index (χ0n) is 13.3. The van der Waals surface area contributed by atoms with Gasteiger partial charge in [0, 0.05) is 24.8 Å². The second kappa shape index (κ2) is 8.38. The highest BCUT2D eigenvalue weighted by Gasteiger charge is 2.21. The maximum atomic E-state index is 12.1. The summed E-state index contributed by atoms with van der Waals surface area (Å²) in [4.78, 5) is 22.7. The second-order valence-electron chi connectivity index (χ2n) is 5.76. The molecule has 1 rings (SSSR count). The number of hydrogen-bond acceptors (Lipinski definition) is 3. The maximum Gasteiger partial charge on any atom is 0.319 e. The summed E-state index contributed by atoms with van der Waals surface area (Å²) in [5.74, 6) is -0.875. The van der Waals surface area contributed by atoms with E-state index in [1.165, 1.54) is 0 Å². The summed E-state index contributed by atoms with van der Waals surface area (Å²) in [5.41, 5.74) is 1.12. The number of rotatable bonds is 8. The second-order valence-corrected chi connectivity index (χ2v) is 5.76. The molecule has 1 aromatic rings. The number of aliphatic carboxylic acids is 1. The van der Waals surface area contributed by atoms with Crippen molar-refractivity contribution in [3.05, 3.63) is 29.8 Å². The van der Waals surface area contributed by atoms with Gasteiger partial charge in [0.1, 0.15) is 0 Å². The number of carbonyl (C=O) groups is 2. The van der Waals surface area contributed by atoms with Crippen LogP contribution in [0.15, 0.2) is 24.3 Å². The molecule has 3 N–H and O–H groups in total. The third-order valence-electron chi connectivity index (χ3n) is 3.26. The van der Waals surface area contributed by atoms with Gasteiger partial charge >= 0.3 is 12.0 Å². The van der Waals surface area contributed by atoms with Gasteiger partial charge in [-0.15, -0.1) is 0 Å². The first-order valence-corrected chi connectivity index (χ1v) is 7.22. The highest BCUT2D eigenvalue weighted by Crippen LogP contribution is 2.17. The van der Waals surface area contributed by atoms with Crippen LogP contribution in [0.2, 0.25) is 0 Å². The van der Waals surface area contributed by atoms with Crippen LogP contribution >= 0.6 is 0 Å². The number of hydrogen-bond donors (Lipinski definition) is 3. The Labute approximate surface area is 130 Å². The number of urea groups is 1. The monoisotopic (exact) mass is 308 g/mol. The lowest BCUT2D eigenvalue weighted by atomic mass is 9.99. The van der Waals surface area contributed by atoms with E-state index in [9.17, 15) is 9.59 Å². The number of carbonyl (C=O) groups excluding carboxylic acids is 1. The van der Waals surface area contributed by atoms with Gasteiger partial charge in [-0.1, -0.05) is 18.2 Å². The minimum absolute atomic E-state index is 0.0116. The number of nitrogens with one attached hydrogen (secondary N) is 2. The molecule has 0 saturated carbocycles. The molecule has 1 aromatic carbocycles. The van der Waals surface area contributed by atoms with Gasteiger partial charge < -0.3 is 20.5 Å². The Bertz CT molecular complexity index is 515. The Morgan fingerprint density at radius 1 is 1.27 bits per heavy atom. The van der Waals surface area contributed by atoms with Gasteiger partial charge in [0.25, 0.3) is 0 Å². The average molecular weight is 308 g/mol. The zero-order chi connectivity index (χ0) is 16.6. The summed E-state index contributed by atoms with van der Waals surface area (Å²) >= 11 is 0. The van der Waals surface area contributed by atoms with Crippen molar-refractivity contribution in [1.82, 2.24) is 5.32 Å².